The van der Waals surface area contributed by atoms with Crippen molar-refractivity contribution < 1.29 is 13.7 Å². The van der Waals surface area contributed by atoms with Crippen LogP contribution in [0.3, 0.4) is 0 Å². The van der Waals surface area contributed by atoms with Gasteiger partial charge in [0.2, 0.25) is 5.95 Å². The number of rotatable bonds is 9. The maximum Gasteiger partial charge on any atom is 0.229 e. The normalized spacial score (nSPS) is 21.1. The number of pyridine rings is 1. The zero-order valence-electron chi connectivity index (χ0n) is 24.1. The molecule has 1 saturated carbocycles. The van der Waals surface area contributed by atoms with Crippen molar-refractivity contribution in [2.75, 3.05) is 62.6 Å². The molecular weight excluding hydrogens is 552 g/mol. The number of methoxy groups -OCH3 is 1. The third-order valence-electron chi connectivity index (χ3n) is 7.89. The van der Waals surface area contributed by atoms with Crippen LogP contribution in [-0.4, -0.2) is 93.4 Å². The van der Waals surface area contributed by atoms with E-state index in [1.54, 1.807) is 25.7 Å². The highest BCUT2D eigenvalue weighted by molar-refractivity contribution is 7.92. The van der Waals surface area contributed by atoms with Crippen LogP contribution in [-0.2, 0) is 19.2 Å². The summed E-state index contributed by atoms with van der Waals surface area (Å²) >= 11 is 0. The molecule has 7 rings (SSSR count). The minimum atomic E-state index is -2.32. The molecule has 0 spiro atoms. The molecule has 1 N–H and O–H groups in total. The Balaban J connectivity index is 1.08. The first-order valence-corrected chi connectivity index (χ1v) is 16.7. The molecule has 3 fully saturated rings. The lowest BCUT2D eigenvalue weighted by atomic mass is 10.2. The molecule has 0 bridgehead atoms. The minimum absolute atomic E-state index is 0.0285. The summed E-state index contributed by atoms with van der Waals surface area (Å²) in [4.78, 5) is 19.1. The van der Waals surface area contributed by atoms with Crippen LogP contribution in [0.25, 0.3) is 16.9 Å². The predicted octanol–water partition coefficient (Wildman–Crippen LogP) is 4.29. The third kappa shape index (κ3) is 5.98. The molecule has 1 aliphatic carbocycles. The molecule has 42 heavy (non-hydrogen) atoms. The fourth-order valence-electron chi connectivity index (χ4n) is 5.59. The molecule has 4 aromatic rings. The number of hydrogen-bond acceptors (Lipinski definition) is 10. The van der Waals surface area contributed by atoms with Gasteiger partial charge in [-0.1, -0.05) is 6.07 Å². The van der Waals surface area contributed by atoms with E-state index in [0.29, 0.717) is 23.5 Å². The standard InChI is InChI=1S/C30H36N8O3S/c1-40-29-25(41-29)19-36-13-15-37(16-14-36)23-11-9-22(10-12-23)32-30-31-18-21-17-24(20-7-8-20)38(28(21)34-30)27-6-4-5-26(33-27)35-42(2,3)39/h4-6,9-12,17-18,20,25,29H,7-8,13-16,19H2,1-3H3,(H,31,32,34). The highest BCUT2D eigenvalue weighted by atomic mass is 32.2. The number of aromatic nitrogens is 4. The second-order valence-electron chi connectivity index (χ2n) is 11.5. The number of fused-ring (bicyclic) bond motifs is 1. The van der Waals surface area contributed by atoms with Crippen LogP contribution in [0.15, 0.2) is 59.1 Å². The molecular formula is C30H36N8O3S. The van der Waals surface area contributed by atoms with Gasteiger partial charge in [-0.3, -0.25) is 9.47 Å². The van der Waals surface area contributed by atoms with E-state index in [-0.39, 0.29) is 12.4 Å². The fourth-order valence-corrected chi connectivity index (χ4v) is 6.15. The Morgan fingerprint density at radius 1 is 1.07 bits per heavy atom. The Kier molecular flexibility index (Phi) is 7.09. The van der Waals surface area contributed by atoms with Crippen LogP contribution in [0.4, 0.5) is 23.1 Å². The summed E-state index contributed by atoms with van der Waals surface area (Å²) in [6.45, 7) is 4.91. The van der Waals surface area contributed by atoms with Crippen molar-refractivity contribution in [3.05, 3.63) is 60.4 Å². The molecule has 2 saturated heterocycles. The number of anilines is 3. The van der Waals surface area contributed by atoms with Crippen LogP contribution >= 0.6 is 0 Å². The lowest BCUT2D eigenvalue weighted by Gasteiger charge is -2.35. The zero-order chi connectivity index (χ0) is 28.8. The van der Waals surface area contributed by atoms with Crippen molar-refractivity contribution in [1.29, 1.82) is 0 Å². The van der Waals surface area contributed by atoms with Gasteiger partial charge in [0.05, 0.1) is 0 Å². The van der Waals surface area contributed by atoms with E-state index < -0.39 is 9.73 Å². The number of benzene rings is 1. The summed E-state index contributed by atoms with van der Waals surface area (Å²) in [5, 5.41) is 4.34. The number of hydrogen-bond donors (Lipinski definition) is 1. The van der Waals surface area contributed by atoms with E-state index in [2.05, 4.69) is 59.4 Å². The number of nitrogens with one attached hydrogen (secondary N) is 1. The Labute approximate surface area is 246 Å². The van der Waals surface area contributed by atoms with Crippen LogP contribution in [0.1, 0.15) is 24.5 Å². The summed E-state index contributed by atoms with van der Waals surface area (Å²) in [6, 6.07) is 16.2. The second kappa shape index (κ2) is 10.9. The summed E-state index contributed by atoms with van der Waals surface area (Å²) in [6.07, 6.45) is 7.56. The molecule has 12 heteroatoms. The molecule has 2 atom stereocenters. The lowest BCUT2D eigenvalue weighted by molar-refractivity contribution is 0.0950. The Morgan fingerprint density at radius 2 is 1.86 bits per heavy atom. The van der Waals surface area contributed by atoms with Gasteiger partial charge in [0.1, 0.15) is 11.9 Å². The van der Waals surface area contributed by atoms with E-state index in [9.17, 15) is 4.21 Å². The van der Waals surface area contributed by atoms with Crippen LogP contribution in [0, 0.1) is 0 Å². The number of nitrogens with zero attached hydrogens (tertiary/aromatic N) is 7. The smallest absolute Gasteiger partial charge is 0.229 e. The van der Waals surface area contributed by atoms with Gasteiger partial charge in [-0.25, -0.2) is 14.2 Å². The van der Waals surface area contributed by atoms with Crippen molar-refractivity contribution in [3.63, 3.8) is 0 Å². The number of epoxide rings is 1. The Bertz CT molecular complexity index is 1710. The molecule has 220 valence electrons. The summed E-state index contributed by atoms with van der Waals surface area (Å²) in [5.41, 5.74) is 4.09. The molecule has 1 aromatic carbocycles. The van der Waals surface area contributed by atoms with E-state index in [4.69, 9.17) is 19.4 Å². The Hall–Kier alpha value is -3.58. The average molecular weight is 589 g/mol. The van der Waals surface area contributed by atoms with Crippen molar-refractivity contribution >= 4 is 43.9 Å². The van der Waals surface area contributed by atoms with Crippen molar-refractivity contribution in [2.45, 2.75) is 31.2 Å². The fraction of sp³-hybridized carbons (Fsp3) is 0.433. The van der Waals surface area contributed by atoms with Gasteiger partial charge in [-0.05, 0) is 61.2 Å². The van der Waals surface area contributed by atoms with Crippen LogP contribution in [0.2, 0.25) is 0 Å². The zero-order valence-corrected chi connectivity index (χ0v) is 25.0. The lowest BCUT2D eigenvalue weighted by Crippen LogP contribution is -2.47. The monoisotopic (exact) mass is 588 g/mol. The quantitative estimate of drug-likeness (QED) is 0.286. The molecule has 5 heterocycles. The van der Waals surface area contributed by atoms with E-state index in [1.165, 1.54) is 11.4 Å². The Morgan fingerprint density at radius 3 is 2.55 bits per heavy atom. The van der Waals surface area contributed by atoms with E-state index >= 15 is 0 Å². The van der Waals surface area contributed by atoms with E-state index in [1.807, 2.05) is 18.3 Å². The molecule has 3 aromatic heterocycles. The van der Waals surface area contributed by atoms with Gasteiger partial charge in [0.25, 0.3) is 0 Å². The molecule has 11 nitrogen and oxygen atoms in total. The maximum absolute atomic E-state index is 12.3. The molecule has 3 aliphatic rings. The summed E-state index contributed by atoms with van der Waals surface area (Å²) in [7, 11) is -0.628. The van der Waals surface area contributed by atoms with Gasteiger partial charge >= 0.3 is 0 Å². The van der Waals surface area contributed by atoms with Gasteiger partial charge in [0, 0.05) is 90.7 Å². The van der Waals surface area contributed by atoms with Gasteiger partial charge in [-0.2, -0.15) is 9.35 Å². The van der Waals surface area contributed by atoms with Crippen molar-refractivity contribution in [2.24, 2.45) is 4.36 Å². The second-order valence-corrected chi connectivity index (χ2v) is 14.1. The molecule has 0 amide bonds. The van der Waals surface area contributed by atoms with Crippen molar-refractivity contribution in [1.82, 2.24) is 24.4 Å². The third-order valence-corrected chi connectivity index (χ3v) is 8.52. The van der Waals surface area contributed by atoms with Crippen LogP contribution < -0.4 is 10.2 Å². The van der Waals surface area contributed by atoms with Crippen molar-refractivity contribution in [3.8, 4) is 5.82 Å². The first-order valence-electron chi connectivity index (χ1n) is 14.4. The van der Waals surface area contributed by atoms with Gasteiger partial charge < -0.3 is 19.7 Å². The molecule has 2 unspecified atom stereocenters. The minimum Gasteiger partial charge on any atom is -0.369 e. The molecule has 0 radical (unpaired) electrons. The van der Waals surface area contributed by atoms with Gasteiger partial charge in [-0.15, -0.1) is 0 Å². The SMILES string of the molecule is COC1OC1CN1CCN(c2ccc(Nc3ncc4cc(C5CC5)n(-c5cccc(N=S(C)(C)=O)n5)c4n3)cc2)CC1. The topological polar surface area (TPSA) is 113 Å². The van der Waals surface area contributed by atoms with Crippen LogP contribution in [0.5, 0.6) is 0 Å². The first-order chi connectivity index (χ1) is 20.3. The average Bonchev–Trinajstić information content (AvgIpc) is 3.91. The van der Waals surface area contributed by atoms with Gasteiger partial charge in [0.15, 0.2) is 17.8 Å². The molecule has 2 aliphatic heterocycles. The first kappa shape index (κ1) is 27.3. The predicted molar refractivity (Wildman–Crippen MR) is 165 cm³/mol. The number of ether oxygens (including phenoxy) is 2. The van der Waals surface area contributed by atoms with E-state index in [0.717, 1.165) is 62.3 Å². The summed E-state index contributed by atoms with van der Waals surface area (Å²) < 4.78 is 29.5. The highest BCUT2D eigenvalue weighted by Crippen LogP contribution is 2.43. The maximum atomic E-state index is 12.3. The summed E-state index contributed by atoms with van der Waals surface area (Å²) in [5.74, 6) is 2.16. The number of piperazine rings is 1. The highest BCUT2D eigenvalue weighted by Gasteiger charge is 2.40. The largest absolute Gasteiger partial charge is 0.369 e.